The van der Waals surface area contributed by atoms with Crippen molar-refractivity contribution in [2.45, 2.75) is 50.7 Å². The van der Waals surface area contributed by atoms with E-state index in [-0.39, 0.29) is 0 Å². The number of carbonyl (C=O) groups is 1. The minimum absolute atomic E-state index is 0.459. The first-order valence-corrected chi connectivity index (χ1v) is 11.2. The fraction of sp³-hybridized carbons (Fsp3) is 0.435. The molecule has 2 N–H and O–H groups in total. The zero-order valence-corrected chi connectivity index (χ0v) is 20.1. The molecule has 0 bridgehead atoms. The van der Waals surface area contributed by atoms with E-state index in [1.54, 1.807) is 32.6 Å². The van der Waals surface area contributed by atoms with Gasteiger partial charge in [0.2, 0.25) is 0 Å². The van der Waals surface area contributed by atoms with Gasteiger partial charge in [-0.3, -0.25) is 0 Å². The Bertz CT molecular complexity index is 1280. The van der Waals surface area contributed by atoms with Crippen molar-refractivity contribution in [1.29, 1.82) is 0 Å². The van der Waals surface area contributed by atoms with Gasteiger partial charge in [0.1, 0.15) is 49.3 Å². The number of fused-ring (bicyclic) bond motifs is 2. The quantitative estimate of drug-likeness (QED) is 0.468. The van der Waals surface area contributed by atoms with Crippen LogP contribution in [0, 0.1) is 0 Å². The fourth-order valence-electron chi connectivity index (χ4n) is 4.77. The Morgan fingerprint density at radius 1 is 1.23 bits per heavy atom. The number of aliphatic carboxylic acids is 1. The van der Waals surface area contributed by atoms with Crippen LogP contribution in [-0.2, 0) is 25.5 Å². The van der Waals surface area contributed by atoms with Gasteiger partial charge >= 0.3 is 5.97 Å². The number of carboxylic acid groups (broad SMARTS) is 1. The summed E-state index contributed by atoms with van der Waals surface area (Å²) in [6.07, 6.45) is 0.139. The SMILES string of the molecule is Bc1cn([C@@H]2O[C@H](C(=O)O)[C@H]3OC(C)(C)O[C@H]32)c2ncnc(NCc3ccc(OC)cc3OC)c12. The highest BCUT2D eigenvalue weighted by atomic mass is 16.8. The summed E-state index contributed by atoms with van der Waals surface area (Å²) < 4.78 is 30.4. The highest BCUT2D eigenvalue weighted by molar-refractivity contribution is 6.39. The summed E-state index contributed by atoms with van der Waals surface area (Å²) in [5.41, 5.74) is 2.44. The van der Waals surface area contributed by atoms with Gasteiger partial charge in [-0.05, 0) is 26.0 Å². The molecule has 2 saturated heterocycles. The number of hydrogen-bond donors (Lipinski definition) is 2. The molecule has 1 aromatic carbocycles. The van der Waals surface area contributed by atoms with E-state index in [1.165, 1.54) is 6.33 Å². The lowest BCUT2D eigenvalue weighted by Gasteiger charge is -2.24. The Balaban J connectivity index is 1.47. The number of aromatic nitrogens is 3. The number of hydrogen-bond acceptors (Lipinski definition) is 9. The standard InChI is InChI=1S/C23H27BN4O7/c1-23(2)34-16-17(35-23)21(33-18(16)22(29)30)28-9-13(24)15-19(26-10-27-20(15)28)25-8-11-5-6-12(31-3)7-14(11)32-4/h5-7,9-10,16-18,21H,8,24H2,1-4H3,(H,29,30)(H,25,26,27)/t16-,17+,18-,21+/m0/s1. The van der Waals surface area contributed by atoms with Crippen molar-refractivity contribution in [1.82, 2.24) is 14.5 Å². The van der Waals surface area contributed by atoms with Crippen LogP contribution in [-0.4, -0.2) is 71.8 Å². The van der Waals surface area contributed by atoms with Crippen LogP contribution in [0.3, 0.4) is 0 Å². The van der Waals surface area contributed by atoms with Gasteiger partial charge in [-0.1, -0.05) is 5.46 Å². The van der Waals surface area contributed by atoms with E-state index in [9.17, 15) is 9.90 Å². The summed E-state index contributed by atoms with van der Waals surface area (Å²) in [5.74, 6) is 0.0310. The van der Waals surface area contributed by atoms with Crippen LogP contribution in [0.25, 0.3) is 11.0 Å². The molecule has 0 amide bonds. The average Bonchev–Trinajstić information content (AvgIpc) is 3.45. The lowest BCUT2D eigenvalue weighted by Crippen LogP contribution is -2.35. The van der Waals surface area contributed by atoms with Crippen LogP contribution in [0.1, 0.15) is 25.6 Å². The Morgan fingerprint density at radius 2 is 2.00 bits per heavy atom. The van der Waals surface area contributed by atoms with Gasteiger partial charge in [-0.25, -0.2) is 14.8 Å². The number of methoxy groups -OCH3 is 2. The summed E-state index contributed by atoms with van der Waals surface area (Å²) in [6, 6.07) is 5.62. The number of ether oxygens (including phenoxy) is 5. The summed E-state index contributed by atoms with van der Waals surface area (Å²) >= 11 is 0. The maximum Gasteiger partial charge on any atom is 0.335 e. The molecule has 4 atom stereocenters. The molecule has 0 spiro atoms. The third-order valence-electron chi connectivity index (χ3n) is 6.29. The molecule has 2 aliphatic heterocycles. The van der Waals surface area contributed by atoms with Crippen molar-refractivity contribution in [2.24, 2.45) is 0 Å². The van der Waals surface area contributed by atoms with Gasteiger partial charge < -0.3 is 38.7 Å². The molecule has 0 saturated carbocycles. The summed E-state index contributed by atoms with van der Waals surface area (Å²) in [4.78, 5) is 20.8. The molecule has 12 heteroatoms. The van der Waals surface area contributed by atoms with Crippen LogP contribution in [0.15, 0.2) is 30.7 Å². The Morgan fingerprint density at radius 3 is 2.71 bits per heavy atom. The molecule has 35 heavy (non-hydrogen) atoms. The van der Waals surface area contributed by atoms with Crippen molar-refractivity contribution < 1.29 is 33.6 Å². The van der Waals surface area contributed by atoms with E-state index in [1.807, 2.05) is 32.2 Å². The lowest BCUT2D eigenvalue weighted by atomic mass is 9.97. The highest BCUT2D eigenvalue weighted by Crippen LogP contribution is 2.44. The van der Waals surface area contributed by atoms with Gasteiger partial charge in [0.25, 0.3) is 0 Å². The molecule has 5 rings (SSSR count). The molecule has 2 aromatic heterocycles. The van der Waals surface area contributed by atoms with E-state index in [4.69, 9.17) is 23.7 Å². The minimum Gasteiger partial charge on any atom is -0.497 e. The van der Waals surface area contributed by atoms with Crippen LogP contribution < -0.4 is 20.3 Å². The van der Waals surface area contributed by atoms with E-state index >= 15 is 0 Å². The minimum atomic E-state index is -1.15. The maximum absolute atomic E-state index is 11.8. The molecular formula is C23H27BN4O7. The molecule has 0 radical (unpaired) electrons. The van der Waals surface area contributed by atoms with E-state index < -0.39 is 36.3 Å². The van der Waals surface area contributed by atoms with Crippen molar-refractivity contribution in [3.8, 4) is 11.5 Å². The number of anilines is 1. The Kier molecular flexibility index (Phi) is 5.82. The number of rotatable bonds is 7. The van der Waals surface area contributed by atoms with Crippen molar-refractivity contribution >= 4 is 36.1 Å². The average molecular weight is 482 g/mol. The Hall–Kier alpha value is -3.35. The van der Waals surface area contributed by atoms with Gasteiger partial charge in [0.15, 0.2) is 18.1 Å². The molecule has 2 aliphatic rings. The lowest BCUT2D eigenvalue weighted by molar-refractivity contribution is -0.202. The Labute approximate surface area is 202 Å². The summed E-state index contributed by atoms with van der Waals surface area (Å²) in [6.45, 7) is 3.98. The van der Waals surface area contributed by atoms with Crippen LogP contribution in [0.5, 0.6) is 11.5 Å². The zero-order valence-electron chi connectivity index (χ0n) is 20.1. The number of benzene rings is 1. The third kappa shape index (κ3) is 4.07. The summed E-state index contributed by atoms with van der Waals surface area (Å²) in [5, 5.41) is 13.9. The van der Waals surface area contributed by atoms with Gasteiger partial charge in [0, 0.05) is 24.4 Å². The maximum atomic E-state index is 11.8. The van der Waals surface area contributed by atoms with E-state index in [0.717, 1.165) is 16.4 Å². The van der Waals surface area contributed by atoms with Gasteiger partial charge in [-0.15, -0.1) is 0 Å². The first-order chi connectivity index (χ1) is 16.7. The van der Waals surface area contributed by atoms with Crippen LogP contribution >= 0.6 is 0 Å². The normalized spacial score (nSPS) is 24.9. The van der Waals surface area contributed by atoms with Crippen molar-refractivity contribution in [3.63, 3.8) is 0 Å². The molecule has 0 aliphatic carbocycles. The second-order valence-corrected chi connectivity index (χ2v) is 9.02. The monoisotopic (exact) mass is 482 g/mol. The molecule has 4 heterocycles. The second-order valence-electron chi connectivity index (χ2n) is 9.02. The largest absolute Gasteiger partial charge is 0.497 e. The fourth-order valence-corrected chi connectivity index (χ4v) is 4.77. The zero-order chi connectivity index (χ0) is 24.9. The summed E-state index contributed by atoms with van der Waals surface area (Å²) in [7, 11) is 5.16. The van der Waals surface area contributed by atoms with Crippen molar-refractivity contribution in [3.05, 3.63) is 36.3 Å². The van der Waals surface area contributed by atoms with Gasteiger partial charge in [-0.2, -0.15) is 0 Å². The molecule has 2 fully saturated rings. The van der Waals surface area contributed by atoms with Crippen LogP contribution in [0.4, 0.5) is 5.82 Å². The van der Waals surface area contributed by atoms with E-state index in [0.29, 0.717) is 29.5 Å². The first kappa shape index (κ1) is 23.4. The topological polar surface area (TPSA) is 126 Å². The third-order valence-corrected chi connectivity index (χ3v) is 6.29. The smallest absolute Gasteiger partial charge is 0.335 e. The predicted molar refractivity (Wildman–Crippen MR) is 128 cm³/mol. The first-order valence-electron chi connectivity index (χ1n) is 11.2. The molecular weight excluding hydrogens is 455 g/mol. The highest BCUT2D eigenvalue weighted by Gasteiger charge is 2.58. The molecule has 0 unspecified atom stereocenters. The number of nitrogens with one attached hydrogen (secondary N) is 1. The predicted octanol–water partition coefficient (Wildman–Crippen LogP) is 0.821. The number of nitrogens with zero attached hydrogens (tertiary/aromatic N) is 3. The molecule has 3 aromatic rings. The van der Waals surface area contributed by atoms with Crippen molar-refractivity contribution in [2.75, 3.05) is 19.5 Å². The van der Waals surface area contributed by atoms with Crippen LogP contribution in [0.2, 0.25) is 0 Å². The second kappa shape index (κ2) is 8.70. The molecule has 184 valence electrons. The molecule has 11 nitrogen and oxygen atoms in total. The van der Waals surface area contributed by atoms with E-state index in [2.05, 4.69) is 15.3 Å². The van der Waals surface area contributed by atoms with Gasteiger partial charge in [0.05, 0.1) is 19.6 Å². The number of carboxylic acids is 1.